The van der Waals surface area contributed by atoms with E-state index in [2.05, 4.69) is 54.2 Å². The first-order chi connectivity index (χ1) is 9.27. The molecule has 0 radical (unpaired) electrons. The van der Waals surface area contributed by atoms with Gasteiger partial charge >= 0.3 is 0 Å². The van der Waals surface area contributed by atoms with Gasteiger partial charge < -0.3 is 0 Å². The maximum absolute atomic E-state index is 4.19. The zero-order valence-electron chi connectivity index (χ0n) is 9.90. The Bertz CT molecular complexity index is 659. The zero-order valence-corrected chi connectivity index (χ0v) is 13.1. The van der Waals surface area contributed by atoms with Crippen LogP contribution in [0.4, 0.5) is 0 Å². The molecule has 0 unspecified atom stereocenters. The second-order valence-corrected chi connectivity index (χ2v) is 5.83. The maximum atomic E-state index is 4.19. The van der Waals surface area contributed by atoms with Crippen LogP contribution in [0.15, 0.2) is 63.7 Å². The van der Waals surface area contributed by atoms with Crippen LogP contribution in [0.1, 0.15) is 0 Å². The number of hydrogen-bond donors (Lipinski definition) is 1. The van der Waals surface area contributed by atoms with Gasteiger partial charge in [-0.3, -0.25) is 5.10 Å². The first-order valence-corrected chi connectivity index (χ1v) is 7.39. The Labute approximate surface area is 128 Å². The average molecular weight is 378 g/mol. The molecule has 3 rings (SSSR count). The molecule has 0 saturated heterocycles. The molecule has 0 amide bonds. The molecule has 0 fully saturated rings. The van der Waals surface area contributed by atoms with E-state index in [4.69, 9.17) is 0 Å². The summed E-state index contributed by atoms with van der Waals surface area (Å²) >= 11 is 7.17. The minimum Gasteiger partial charge on any atom is -0.277 e. The van der Waals surface area contributed by atoms with Crippen LogP contribution in [0.3, 0.4) is 0 Å². The molecular formula is C15H10Br2N2. The molecule has 1 N–H and O–H groups in total. The molecule has 0 atom stereocenters. The molecule has 4 heteroatoms. The topological polar surface area (TPSA) is 28.7 Å². The summed E-state index contributed by atoms with van der Waals surface area (Å²) in [6, 6.07) is 16.3. The highest BCUT2D eigenvalue weighted by molar-refractivity contribution is 9.11. The molecule has 0 saturated carbocycles. The normalized spacial score (nSPS) is 10.6. The Morgan fingerprint density at radius 2 is 1.32 bits per heavy atom. The molecule has 0 aliphatic heterocycles. The van der Waals surface area contributed by atoms with Crippen molar-refractivity contribution >= 4 is 31.9 Å². The smallest absolute Gasteiger partial charge is 0.0740 e. The molecule has 19 heavy (non-hydrogen) atoms. The Kier molecular flexibility index (Phi) is 3.53. The van der Waals surface area contributed by atoms with Crippen molar-refractivity contribution in [2.24, 2.45) is 0 Å². The van der Waals surface area contributed by atoms with Crippen molar-refractivity contribution in [3.05, 3.63) is 63.7 Å². The van der Waals surface area contributed by atoms with Crippen LogP contribution in [-0.4, -0.2) is 10.2 Å². The van der Waals surface area contributed by atoms with Crippen molar-refractivity contribution in [1.82, 2.24) is 10.2 Å². The van der Waals surface area contributed by atoms with Crippen LogP contribution < -0.4 is 0 Å². The molecule has 2 aromatic carbocycles. The van der Waals surface area contributed by atoms with Crippen molar-refractivity contribution in [3.63, 3.8) is 0 Å². The maximum Gasteiger partial charge on any atom is 0.0740 e. The summed E-state index contributed by atoms with van der Waals surface area (Å²) in [6.45, 7) is 0. The Balaban J connectivity index is 2.20. The monoisotopic (exact) mass is 376 g/mol. The van der Waals surface area contributed by atoms with Crippen LogP contribution in [0.5, 0.6) is 0 Å². The average Bonchev–Trinajstić information content (AvgIpc) is 2.89. The highest BCUT2D eigenvalue weighted by atomic mass is 79.9. The quantitative estimate of drug-likeness (QED) is 0.647. The molecule has 1 aromatic heterocycles. The summed E-state index contributed by atoms with van der Waals surface area (Å²) in [7, 11) is 0. The van der Waals surface area contributed by atoms with Crippen molar-refractivity contribution < 1.29 is 0 Å². The number of nitrogens with one attached hydrogen (secondary N) is 1. The lowest BCUT2D eigenvalue weighted by Gasteiger charge is -2.07. The lowest BCUT2D eigenvalue weighted by Crippen LogP contribution is -1.85. The highest BCUT2D eigenvalue weighted by Gasteiger charge is 2.13. The molecule has 3 aromatic rings. The van der Waals surface area contributed by atoms with Crippen LogP contribution >= 0.6 is 31.9 Å². The number of nitrogens with zero attached hydrogens (tertiary/aromatic N) is 1. The molecule has 1 heterocycles. The van der Waals surface area contributed by atoms with Gasteiger partial charge in [-0.1, -0.05) is 68.3 Å². The number of rotatable bonds is 2. The Morgan fingerprint density at radius 3 is 1.95 bits per heavy atom. The summed E-state index contributed by atoms with van der Waals surface area (Å²) in [5.74, 6) is 0. The van der Waals surface area contributed by atoms with Gasteiger partial charge in [-0.2, -0.15) is 5.10 Å². The SMILES string of the molecule is Brc1ccccc1-c1cn[nH]c1-c1ccccc1Br. The second-order valence-electron chi connectivity index (χ2n) is 4.12. The van der Waals surface area contributed by atoms with Crippen molar-refractivity contribution in [3.8, 4) is 22.4 Å². The first kappa shape index (κ1) is 12.6. The Hall–Kier alpha value is -1.39. The lowest BCUT2D eigenvalue weighted by atomic mass is 10.0. The minimum absolute atomic E-state index is 1.01. The van der Waals surface area contributed by atoms with Crippen molar-refractivity contribution in [2.45, 2.75) is 0 Å². The number of aromatic amines is 1. The Morgan fingerprint density at radius 1 is 0.737 bits per heavy atom. The van der Waals surface area contributed by atoms with Gasteiger partial charge in [0.2, 0.25) is 0 Å². The third-order valence-electron chi connectivity index (χ3n) is 2.95. The van der Waals surface area contributed by atoms with Gasteiger partial charge in [-0.05, 0) is 17.7 Å². The summed E-state index contributed by atoms with van der Waals surface area (Å²) in [5.41, 5.74) is 4.33. The molecule has 0 bridgehead atoms. The summed E-state index contributed by atoms with van der Waals surface area (Å²) in [6.07, 6.45) is 1.86. The molecule has 0 aliphatic rings. The fraction of sp³-hybridized carbons (Fsp3) is 0. The van der Waals surface area contributed by atoms with Gasteiger partial charge in [0.1, 0.15) is 0 Å². The standard InChI is InChI=1S/C15H10Br2N2/c16-13-7-3-1-5-10(13)12-9-18-19-15(12)11-6-2-4-8-14(11)17/h1-9H,(H,18,19). The molecular weight excluding hydrogens is 368 g/mol. The number of H-pyrrole nitrogens is 1. The van der Waals surface area contributed by atoms with Gasteiger partial charge in [0.05, 0.1) is 11.9 Å². The molecule has 94 valence electrons. The summed E-state index contributed by atoms with van der Waals surface area (Å²) < 4.78 is 2.11. The van der Waals surface area contributed by atoms with Crippen LogP contribution in [0.2, 0.25) is 0 Å². The largest absolute Gasteiger partial charge is 0.277 e. The fourth-order valence-corrected chi connectivity index (χ4v) is 3.02. The van der Waals surface area contributed by atoms with Gasteiger partial charge in [0, 0.05) is 20.1 Å². The van der Waals surface area contributed by atoms with E-state index in [9.17, 15) is 0 Å². The fourth-order valence-electron chi connectivity index (χ4n) is 2.04. The predicted octanol–water partition coefficient (Wildman–Crippen LogP) is 5.27. The van der Waals surface area contributed by atoms with Gasteiger partial charge in [0.25, 0.3) is 0 Å². The van der Waals surface area contributed by atoms with Gasteiger partial charge in [-0.25, -0.2) is 0 Å². The second kappa shape index (κ2) is 5.31. The number of halogens is 2. The highest BCUT2D eigenvalue weighted by Crippen LogP contribution is 2.37. The van der Waals surface area contributed by atoms with E-state index >= 15 is 0 Å². The molecule has 2 nitrogen and oxygen atoms in total. The summed E-state index contributed by atoms with van der Waals surface area (Å²) in [4.78, 5) is 0. The van der Waals surface area contributed by atoms with E-state index in [0.717, 1.165) is 31.3 Å². The number of benzene rings is 2. The van der Waals surface area contributed by atoms with Crippen LogP contribution in [0.25, 0.3) is 22.4 Å². The third-order valence-corrected chi connectivity index (χ3v) is 4.33. The van der Waals surface area contributed by atoms with Gasteiger partial charge in [-0.15, -0.1) is 0 Å². The van der Waals surface area contributed by atoms with Crippen LogP contribution in [-0.2, 0) is 0 Å². The van der Waals surface area contributed by atoms with Crippen molar-refractivity contribution in [2.75, 3.05) is 0 Å². The van der Waals surface area contributed by atoms with E-state index in [1.165, 1.54) is 0 Å². The molecule has 0 spiro atoms. The van der Waals surface area contributed by atoms with Crippen LogP contribution in [0, 0.1) is 0 Å². The predicted molar refractivity (Wildman–Crippen MR) is 84.9 cm³/mol. The number of aromatic nitrogens is 2. The van der Waals surface area contributed by atoms with Crippen molar-refractivity contribution in [1.29, 1.82) is 0 Å². The van der Waals surface area contributed by atoms with E-state index in [-0.39, 0.29) is 0 Å². The van der Waals surface area contributed by atoms with E-state index in [0.29, 0.717) is 0 Å². The molecule has 0 aliphatic carbocycles. The summed E-state index contributed by atoms with van der Waals surface area (Å²) in [5, 5.41) is 7.28. The van der Waals surface area contributed by atoms with E-state index < -0.39 is 0 Å². The zero-order chi connectivity index (χ0) is 13.2. The third kappa shape index (κ3) is 2.38. The minimum atomic E-state index is 1.01. The van der Waals surface area contributed by atoms with E-state index in [1.807, 2.05) is 42.6 Å². The first-order valence-electron chi connectivity index (χ1n) is 5.80. The van der Waals surface area contributed by atoms with E-state index in [1.54, 1.807) is 0 Å². The number of hydrogen-bond acceptors (Lipinski definition) is 1. The lowest BCUT2D eigenvalue weighted by molar-refractivity contribution is 1.09. The van der Waals surface area contributed by atoms with Gasteiger partial charge in [0.15, 0.2) is 0 Å².